The lowest BCUT2D eigenvalue weighted by atomic mass is 10.00. The zero-order valence-corrected chi connectivity index (χ0v) is 11.8. The van der Waals surface area contributed by atoms with Gasteiger partial charge in [0.2, 0.25) is 0 Å². The van der Waals surface area contributed by atoms with Gasteiger partial charge in [-0.25, -0.2) is 4.99 Å². The lowest BCUT2D eigenvalue weighted by molar-refractivity contribution is -0.384. The Bertz CT molecular complexity index is 555. The topological polar surface area (TPSA) is 64.7 Å². The quantitative estimate of drug-likeness (QED) is 0.629. The van der Waals surface area contributed by atoms with Gasteiger partial charge in [0.1, 0.15) is 6.61 Å². The van der Waals surface area contributed by atoms with Crippen LogP contribution in [0.2, 0.25) is 5.02 Å². The van der Waals surface area contributed by atoms with Crippen LogP contribution in [0.1, 0.15) is 32.3 Å². The molecular weight excluding hydrogens is 268 g/mol. The third-order valence-corrected chi connectivity index (χ3v) is 3.36. The number of nitro benzene ring substituents is 1. The van der Waals surface area contributed by atoms with E-state index < -0.39 is 4.92 Å². The van der Waals surface area contributed by atoms with Gasteiger partial charge in [-0.2, -0.15) is 0 Å². The first-order valence-corrected chi connectivity index (χ1v) is 6.34. The maximum Gasteiger partial charge on any atom is 0.269 e. The monoisotopic (exact) mass is 282 g/mol. The number of rotatable bonds is 3. The number of hydrogen-bond acceptors (Lipinski definition) is 4. The lowest BCUT2D eigenvalue weighted by Gasteiger charge is -2.12. The van der Waals surface area contributed by atoms with Crippen LogP contribution in [0, 0.1) is 10.1 Å². The molecule has 6 heteroatoms. The molecule has 0 saturated carbocycles. The molecule has 1 aliphatic rings. The molecule has 0 saturated heterocycles. The van der Waals surface area contributed by atoms with Crippen molar-refractivity contribution >= 4 is 23.2 Å². The van der Waals surface area contributed by atoms with Crippen LogP contribution in [0.15, 0.2) is 23.2 Å². The van der Waals surface area contributed by atoms with E-state index in [2.05, 4.69) is 4.99 Å². The van der Waals surface area contributed by atoms with Gasteiger partial charge in [-0.3, -0.25) is 10.1 Å². The number of non-ortho nitro benzene ring substituents is 1. The number of aliphatic imine (C=N–C) groups is 1. The minimum Gasteiger partial charge on any atom is -0.478 e. The van der Waals surface area contributed by atoms with Gasteiger partial charge in [-0.15, -0.1) is 0 Å². The van der Waals surface area contributed by atoms with Crippen molar-refractivity contribution in [2.45, 2.75) is 32.2 Å². The van der Waals surface area contributed by atoms with Crippen LogP contribution in [0.4, 0.5) is 5.69 Å². The maximum absolute atomic E-state index is 10.8. The molecular formula is C13H15ClN2O3. The predicted molar refractivity (Wildman–Crippen MR) is 74.0 cm³/mol. The van der Waals surface area contributed by atoms with Gasteiger partial charge >= 0.3 is 0 Å². The molecule has 0 radical (unpaired) electrons. The lowest BCUT2D eigenvalue weighted by Crippen LogP contribution is -2.17. The van der Waals surface area contributed by atoms with Gasteiger partial charge in [-0.05, 0) is 32.4 Å². The number of benzene rings is 1. The van der Waals surface area contributed by atoms with E-state index in [0.717, 1.165) is 0 Å². The Morgan fingerprint density at radius 3 is 2.74 bits per heavy atom. The standard InChI is InChI=1S/C13H15ClN2O3/c1-8(12-15-13(2,3)7-19-12)10-6-9(16(17)18)4-5-11(10)14/h4-6,8H,7H2,1-3H3. The van der Waals surface area contributed by atoms with Crippen LogP contribution < -0.4 is 0 Å². The summed E-state index contributed by atoms with van der Waals surface area (Å²) in [6, 6.07) is 4.40. The molecule has 0 N–H and O–H groups in total. The molecule has 0 aromatic heterocycles. The van der Waals surface area contributed by atoms with Crippen LogP contribution in [0.25, 0.3) is 0 Å². The number of nitrogens with zero attached hydrogens (tertiary/aromatic N) is 2. The molecule has 0 amide bonds. The zero-order valence-electron chi connectivity index (χ0n) is 11.0. The number of nitro groups is 1. The van der Waals surface area contributed by atoms with E-state index in [4.69, 9.17) is 16.3 Å². The molecule has 1 aliphatic heterocycles. The van der Waals surface area contributed by atoms with Crippen molar-refractivity contribution in [2.24, 2.45) is 4.99 Å². The van der Waals surface area contributed by atoms with Crippen molar-refractivity contribution in [1.29, 1.82) is 0 Å². The van der Waals surface area contributed by atoms with Gasteiger partial charge in [0.15, 0.2) is 5.90 Å². The molecule has 2 rings (SSSR count). The second-order valence-electron chi connectivity index (χ2n) is 5.24. The summed E-state index contributed by atoms with van der Waals surface area (Å²) in [5.74, 6) is 0.376. The van der Waals surface area contributed by atoms with Gasteiger partial charge in [0, 0.05) is 17.2 Å². The van der Waals surface area contributed by atoms with Crippen LogP contribution in [-0.4, -0.2) is 23.0 Å². The second-order valence-corrected chi connectivity index (χ2v) is 5.64. The Morgan fingerprint density at radius 1 is 1.53 bits per heavy atom. The van der Waals surface area contributed by atoms with Crippen molar-refractivity contribution in [3.05, 3.63) is 38.9 Å². The Balaban J connectivity index is 2.36. The van der Waals surface area contributed by atoms with E-state index in [0.29, 0.717) is 23.1 Å². The van der Waals surface area contributed by atoms with Crippen LogP contribution >= 0.6 is 11.6 Å². The summed E-state index contributed by atoms with van der Waals surface area (Å²) in [5, 5.41) is 11.3. The third-order valence-electron chi connectivity index (χ3n) is 3.01. The SMILES string of the molecule is CC(C1=NC(C)(C)CO1)c1cc([N+](=O)[O-])ccc1Cl. The average Bonchev–Trinajstić information content (AvgIpc) is 2.69. The highest BCUT2D eigenvalue weighted by atomic mass is 35.5. The van der Waals surface area contributed by atoms with E-state index in [-0.39, 0.29) is 17.1 Å². The Morgan fingerprint density at radius 2 is 2.21 bits per heavy atom. The first kappa shape index (κ1) is 13.8. The van der Waals surface area contributed by atoms with Crippen molar-refractivity contribution < 1.29 is 9.66 Å². The van der Waals surface area contributed by atoms with Crippen LogP contribution in [0.3, 0.4) is 0 Å². The average molecular weight is 283 g/mol. The molecule has 1 aromatic rings. The summed E-state index contributed by atoms with van der Waals surface area (Å²) in [5.41, 5.74) is 0.424. The number of hydrogen-bond donors (Lipinski definition) is 0. The molecule has 1 unspecified atom stereocenters. The fourth-order valence-electron chi connectivity index (χ4n) is 1.94. The normalized spacial score (nSPS) is 18.6. The highest BCUT2D eigenvalue weighted by Gasteiger charge is 2.31. The third kappa shape index (κ3) is 2.87. The zero-order chi connectivity index (χ0) is 14.2. The molecule has 19 heavy (non-hydrogen) atoms. The minimum absolute atomic E-state index is 0.0177. The van der Waals surface area contributed by atoms with E-state index in [1.165, 1.54) is 18.2 Å². The molecule has 5 nitrogen and oxygen atoms in total. The van der Waals surface area contributed by atoms with Crippen LogP contribution in [0.5, 0.6) is 0 Å². The van der Waals surface area contributed by atoms with Crippen molar-refractivity contribution in [3.8, 4) is 0 Å². The Labute approximate surface area is 116 Å². The smallest absolute Gasteiger partial charge is 0.269 e. The summed E-state index contributed by atoms with van der Waals surface area (Å²) in [6.07, 6.45) is 0. The molecule has 1 aromatic carbocycles. The maximum atomic E-state index is 10.8. The van der Waals surface area contributed by atoms with Gasteiger partial charge in [0.25, 0.3) is 5.69 Å². The van der Waals surface area contributed by atoms with Gasteiger partial charge < -0.3 is 4.74 Å². The van der Waals surface area contributed by atoms with E-state index >= 15 is 0 Å². The summed E-state index contributed by atoms with van der Waals surface area (Å²) >= 11 is 6.11. The Hall–Kier alpha value is -1.62. The van der Waals surface area contributed by atoms with E-state index in [1.807, 2.05) is 20.8 Å². The molecule has 0 aliphatic carbocycles. The summed E-state index contributed by atoms with van der Waals surface area (Å²) in [6.45, 7) is 6.34. The summed E-state index contributed by atoms with van der Waals surface area (Å²) in [7, 11) is 0. The molecule has 102 valence electrons. The van der Waals surface area contributed by atoms with Crippen LogP contribution in [-0.2, 0) is 4.74 Å². The van der Waals surface area contributed by atoms with Gasteiger partial charge in [0.05, 0.1) is 16.4 Å². The number of halogens is 1. The summed E-state index contributed by atoms with van der Waals surface area (Å²) < 4.78 is 5.56. The first-order chi connectivity index (χ1) is 8.80. The summed E-state index contributed by atoms with van der Waals surface area (Å²) in [4.78, 5) is 14.9. The van der Waals surface area contributed by atoms with E-state index in [1.54, 1.807) is 0 Å². The van der Waals surface area contributed by atoms with Gasteiger partial charge in [-0.1, -0.05) is 11.6 Å². The van der Waals surface area contributed by atoms with Crippen molar-refractivity contribution in [1.82, 2.24) is 0 Å². The fraction of sp³-hybridized carbons (Fsp3) is 0.462. The Kier molecular flexibility index (Phi) is 3.49. The predicted octanol–water partition coefficient (Wildman–Crippen LogP) is 3.56. The highest BCUT2D eigenvalue weighted by molar-refractivity contribution is 6.31. The molecule has 0 bridgehead atoms. The number of ether oxygens (including phenoxy) is 1. The van der Waals surface area contributed by atoms with Crippen molar-refractivity contribution in [3.63, 3.8) is 0 Å². The molecule has 0 fully saturated rings. The largest absolute Gasteiger partial charge is 0.478 e. The molecule has 0 spiro atoms. The molecule has 1 atom stereocenters. The highest BCUT2D eigenvalue weighted by Crippen LogP contribution is 2.32. The second kappa shape index (κ2) is 4.81. The minimum atomic E-state index is -0.437. The fourth-order valence-corrected chi connectivity index (χ4v) is 2.23. The molecule has 1 heterocycles. The van der Waals surface area contributed by atoms with Crippen molar-refractivity contribution in [2.75, 3.05) is 6.61 Å². The first-order valence-electron chi connectivity index (χ1n) is 5.96. The van der Waals surface area contributed by atoms with E-state index in [9.17, 15) is 10.1 Å².